The number of nitrogens with zero attached hydrogens (tertiary/aromatic N) is 3. The zero-order chi connectivity index (χ0) is 26.5. The number of halogens is 2. The van der Waals surface area contributed by atoms with Crippen LogP contribution in [0.3, 0.4) is 0 Å². The van der Waals surface area contributed by atoms with E-state index in [-0.39, 0.29) is 23.0 Å². The summed E-state index contributed by atoms with van der Waals surface area (Å²) in [6.07, 6.45) is 0.633. The summed E-state index contributed by atoms with van der Waals surface area (Å²) < 4.78 is 45.0. The lowest BCUT2D eigenvalue weighted by Gasteiger charge is -2.56. The van der Waals surface area contributed by atoms with E-state index in [2.05, 4.69) is 30.3 Å². The van der Waals surface area contributed by atoms with E-state index in [9.17, 15) is 23.3 Å². The summed E-state index contributed by atoms with van der Waals surface area (Å²) in [7, 11) is -3.39. The third kappa shape index (κ3) is 4.15. The number of hydrogen-bond acceptors (Lipinski definition) is 6. The van der Waals surface area contributed by atoms with Gasteiger partial charge in [0, 0.05) is 6.54 Å². The number of aliphatic imine (C=N–C) groups is 1. The second kappa shape index (κ2) is 8.96. The predicted molar refractivity (Wildman–Crippen MR) is 132 cm³/mol. The van der Waals surface area contributed by atoms with Crippen molar-refractivity contribution in [2.45, 2.75) is 56.1 Å². The molecule has 0 aromatic carbocycles. The van der Waals surface area contributed by atoms with E-state index >= 15 is 4.39 Å². The zero-order valence-electron chi connectivity index (χ0n) is 20.2. The third-order valence-corrected chi connectivity index (χ3v) is 11.1. The topological polar surface area (TPSA) is 146 Å². The van der Waals surface area contributed by atoms with Gasteiger partial charge in [-0.3, -0.25) is 24.0 Å². The maximum atomic E-state index is 15.3. The van der Waals surface area contributed by atoms with Gasteiger partial charge in [0.2, 0.25) is 0 Å². The third-order valence-electron chi connectivity index (χ3n) is 6.90. The molecular formula is C23H28F2N6O4S. The summed E-state index contributed by atoms with van der Waals surface area (Å²) in [5.41, 5.74) is -1.41. The first-order valence-electron chi connectivity index (χ1n) is 11.4. The molecule has 0 bridgehead atoms. The van der Waals surface area contributed by atoms with Crippen LogP contribution in [0.25, 0.3) is 0 Å². The van der Waals surface area contributed by atoms with E-state index < -0.39 is 49.3 Å². The minimum atomic E-state index is -3.39. The van der Waals surface area contributed by atoms with Gasteiger partial charge in [-0.15, -0.1) is 0 Å². The number of pyridine rings is 2. The number of thiol groups is 1. The number of nitrogens with one attached hydrogen (secondary N) is 3. The number of amidine groups is 1. The molecular weight excluding hydrogens is 494 g/mol. The highest BCUT2D eigenvalue weighted by molar-refractivity contribution is 8.04. The van der Waals surface area contributed by atoms with Crippen LogP contribution in [0.15, 0.2) is 29.4 Å². The largest absolute Gasteiger partial charge is 0.465 e. The number of anilines is 1. The summed E-state index contributed by atoms with van der Waals surface area (Å²) in [6, 6.07) is 3.52. The Morgan fingerprint density at radius 3 is 2.61 bits per heavy atom. The molecule has 4 rings (SSSR count). The van der Waals surface area contributed by atoms with Crippen molar-refractivity contribution in [2.75, 3.05) is 11.9 Å². The highest BCUT2D eigenvalue weighted by Crippen LogP contribution is 2.48. The summed E-state index contributed by atoms with van der Waals surface area (Å²) in [5, 5.41) is 13.5. The molecule has 1 saturated heterocycles. The first-order chi connectivity index (χ1) is 16.8. The Bertz CT molecular complexity index is 1330. The van der Waals surface area contributed by atoms with Crippen LogP contribution in [-0.4, -0.2) is 53.7 Å². The Hall–Kier alpha value is -3.32. The van der Waals surface area contributed by atoms with Crippen molar-refractivity contribution in [3.8, 4) is 0 Å². The van der Waals surface area contributed by atoms with E-state index in [0.717, 1.165) is 18.3 Å². The van der Waals surface area contributed by atoms with Gasteiger partial charge >= 0.3 is 6.09 Å². The Morgan fingerprint density at radius 2 is 1.94 bits per heavy atom. The monoisotopic (exact) mass is 522 g/mol. The van der Waals surface area contributed by atoms with Crippen molar-refractivity contribution in [1.29, 1.82) is 0 Å². The fourth-order valence-electron chi connectivity index (χ4n) is 4.97. The zero-order valence-corrected chi connectivity index (χ0v) is 21.1. The molecule has 36 heavy (non-hydrogen) atoms. The smallest absolute Gasteiger partial charge is 0.410 e. The highest BCUT2D eigenvalue weighted by Gasteiger charge is 2.58. The number of amides is 2. The molecule has 10 nitrogen and oxygen atoms in total. The molecule has 2 aliphatic heterocycles. The fraction of sp³-hybridized carbons (Fsp3) is 0.435. The minimum Gasteiger partial charge on any atom is -0.465 e. The van der Waals surface area contributed by atoms with E-state index in [1.54, 1.807) is 20.8 Å². The fourth-order valence-corrected chi connectivity index (χ4v) is 8.71. The normalized spacial score (nSPS) is 25.2. The minimum absolute atomic E-state index is 0.0190. The Kier molecular flexibility index (Phi) is 6.41. The maximum Gasteiger partial charge on any atom is 0.410 e. The number of carboxylic acid groups (broad SMARTS) is 1. The molecule has 2 atom stereocenters. The lowest BCUT2D eigenvalue weighted by Crippen LogP contribution is -2.70. The number of rotatable bonds is 3. The molecule has 2 aromatic rings. The van der Waals surface area contributed by atoms with Crippen molar-refractivity contribution >= 4 is 33.8 Å². The molecule has 0 saturated carbocycles. The van der Waals surface area contributed by atoms with Crippen LogP contribution in [0, 0.1) is 18.6 Å². The molecule has 0 spiro atoms. The quantitative estimate of drug-likeness (QED) is 0.392. The molecule has 2 amide bonds. The molecule has 13 heteroatoms. The summed E-state index contributed by atoms with van der Waals surface area (Å²) in [4.78, 5) is 37.0. The van der Waals surface area contributed by atoms with Gasteiger partial charge < -0.3 is 10.4 Å². The average molecular weight is 523 g/mol. The van der Waals surface area contributed by atoms with Gasteiger partial charge in [0.1, 0.15) is 40.2 Å². The molecule has 1 fully saturated rings. The molecule has 0 radical (unpaired) electrons. The summed E-state index contributed by atoms with van der Waals surface area (Å²) >= 11 is 0. The second-order valence-electron chi connectivity index (χ2n) is 9.62. The molecule has 2 aliphatic rings. The van der Waals surface area contributed by atoms with Gasteiger partial charge in [-0.25, -0.2) is 23.5 Å². The van der Waals surface area contributed by atoms with Crippen LogP contribution in [-0.2, 0) is 15.7 Å². The van der Waals surface area contributed by atoms with Gasteiger partial charge in [-0.05, 0) is 74.4 Å². The van der Waals surface area contributed by atoms with Crippen LogP contribution >= 0.6 is 0 Å². The van der Waals surface area contributed by atoms with Crippen LogP contribution in [0.1, 0.15) is 55.4 Å². The number of aromatic nitrogens is 2. The van der Waals surface area contributed by atoms with Gasteiger partial charge in [0.05, 0.1) is 16.2 Å². The van der Waals surface area contributed by atoms with E-state index in [0.29, 0.717) is 24.9 Å². The number of carbonyl (C=O) groups excluding carboxylic acids is 1. The second-order valence-corrected chi connectivity index (χ2v) is 13.0. The van der Waals surface area contributed by atoms with Crippen LogP contribution in [0.5, 0.6) is 0 Å². The predicted octanol–water partition coefficient (Wildman–Crippen LogP) is 2.67. The standard InChI is InChI=1S/C23H28F2N6O4S/c1-12-10-13(24)11-26-17(12)19(32)29-16-8-7-14(25)18(28-16)23(4)15-6-5-9-27-36(15,35)22(2,3)20(31-23)30-21(33)34/h7-8,10-11,15,36H,5-6,9H2,1-4H3,(H,27,35)(H,30,31)(H,33,34)(H,28,29,32)/t15-,23+/m1/s1. The van der Waals surface area contributed by atoms with Crippen molar-refractivity contribution in [1.82, 2.24) is 20.0 Å². The summed E-state index contributed by atoms with van der Waals surface area (Å²) in [5.74, 6) is -2.09. The van der Waals surface area contributed by atoms with Crippen molar-refractivity contribution in [3.05, 3.63) is 53.0 Å². The lowest BCUT2D eigenvalue weighted by atomic mass is 9.88. The van der Waals surface area contributed by atoms with E-state index in [1.165, 1.54) is 13.0 Å². The molecule has 4 N–H and O–H groups in total. The van der Waals surface area contributed by atoms with Crippen molar-refractivity contribution < 1.29 is 27.7 Å². The number of aryl methyl sites for hydroxylation is 1. The Balaban J connectivity index is 1.81. The van der Waals surface area contributed by atoms with Crippen LogP contribution < -0.4 is 15.4 Å². The van der Waals surface area contributed by atoms with E-state index in [4.69, 9.17) is 0 Å². The average Bonchev–Trinajstić information content (AvgIpc) is 2.78. The summed E-state index contributed by atoms with van der Waals surface area (Å²) in [6.45, 7) is 6.85. The van der Waals surface area contributed by atoms with Gasteiger partial charge in [-0.2, -0.15) is 0 Å². The number of hydrogen-bond donors (Lipinski definition) is 5. The molecule has 0 unspecified atom stereocenters. The molecule has 0 aliphatic carbocycles. The molecule has 4 heterocycles. The van der Waals surface area contributed by atoms with Gasteiger partial charge in [-0.1, -0.05) is 0 Å². The SMILES string of the molecule is Cc1cc(F)cnc1C(=O)Nc1ccc(F)c([C@@]2(C)N=C(NC(=O)O)C(C)(C)[SH]3(=O)NCCC[C@H]23)n1. The maximum absolute atomic E-state index is 15.3. The van der Waals surface area contributed by atoms with Gasteiger partial charge in [0.25, 0.3) is 5.91 Å². The first-order valence-corrected chi connectivity index (χ1v) is 13.1. The van der Waals surface area contributed by atoms with Crippen molar-refractivity contribution in [3.63, 3.8) is 0 Å². The Labute approximate surface area is 207 Å². The van der Waals surface area contributed by atoms with E-state index in [1.807, 2.05) is 0 Å². The Morgan fingerprint density at radius 1 is 1.22 bits per heavy atom. The molecule has 2 aromatic heterocycles. The highest BCUT2D eigenvalue weighted by atomic mass is 32.3. The van der Waals surface area contributed by atoms with Gasteiger partial charge in [0.15, 0.2) is 0 Å². The number of carbonyl (C=O) groups is 2. The van der Waals surface area contributed by atoms with Crippen LogP contribution in [0.2, 0.25) is 0 Å². The first kappa shape index (κ1) is 25.8. The van der Waals surface area contributed by atoms with Crippen molar-refractivity contribution in [2.24, 2.45) is 4.99 Å². The molecule has 194 valence electrons. The van der Waals surface area contributed by atoms with Crippen LogP contribution in [0.4, 0.5) is 19.4 Å². The number of fused-ring (bicyclic) bond motifs is 1. The lowest BCUT2D eigenvalue weighted by molar-refractivity contribution is 0.102.